The average Bonchev–Trinajstić information content (AvgIpc) is 3.26. The van der Waals surface area contributed by atoms with Crippen LogP contribution in [0.15, 0.2) is 71.2 Å². The van der Waals surface area contributed by atoms with Gasteiger partial charge in [-0.05, 0) is 18.2 Å². The van der Waals surface area contributed by atoms with Crippen molar-refractivity contribution in [1.29, 1.82) is 0 Å². The van der Waals surface area contributed by atoms with E-state index in [0.29, 0.717) is 16.2 Å². The fourth-order valence-electron chi connectivity index (χ4n) is 3.62. The number of hydrogen-bond donors (Lipinski definition) is 1. The molecule has 0 aliphatic carbocycles. The van der Waals surface area contributed by atoms with Crippen LogP contribution < -0.4 is 15.5 Å². The Balaban J connectivity index is 1.64. The van der Waals surface area contributed by atoms with E-state index in [0.717, 1.165) is 0 Å². The van der Waals surface area contributed by atoms with Gasteiger partial charge in [0.05, 0.1) is 22.4 Å². The zero-order valence-corrected chi connectivity index (χ0v) is 17.8. The van der Waals surface area contributed by atoms with Crippen LogP contribution in [-0.4, -0.2) is 38.0 Å². The largest absolute Gasteiger partial charge is 0.432 e. The van der Waals surface area contributed by atoms with Crippen LogP contribution >= 0.6 is 23.4 Å². The first-order valence-electron chi connectivity index (χ1n) is 9.48. The second-order valence-corrected chi connectivity index (χ2v) is 8.30. The lowest BCUT2D eigenvalue weighted by atomic mass is 10.1. The van der Waals surface area contributed by atoms with Crippen molar-refractivity contribution in [2.45, 2.75) is 17.4 Å². The SMILES string of the molecule is FC(F)(F)C1=c2ccccc2=NC(CSc2ncnc3nc[nH]c23)N1c1ccccc1Cl. The smallest absolute Gasteiger partial charge is 0.341 e. The van der Waals surface area contributed by atoms with Crippen LogP contribution in [0.3, 0.4) is 0 Å². The third-order valence-electron chi connectivity index (χ3n) is 4.92. The summed E-state index contributed by atoms with van der Waals surface area (Å²) in [6.07, 6.45) is -2.63. The summed E-state index contributed by atoms with van der Waals surface area (Å²) in [5, 5.41) is 1.08. The number of alkyl halides is 3. The average molecular weight is 475 g/mol. The number of rotatable bonds is 4. The molecule has 0 amide bonds. The lowest BCUT2D eigenvalue weighted by molar-refractivity contribution is -0.0730. The highest BCUT2D eigenvalue weighted by molar-refractivity contribution is 7.99. The summed E-state index contributed by atoms with van der Waals surface area (Å²) in [7, 11) is 0. The molecule has 0 saturated heterocycles. The van der Waals surface area contributed by atoms with Gasteiger partial charge in [0.25, 0.3) is 0 Å². The van der Waals surface area contributed by atoms with E-state index in [9.17, 15) is 13.2 Å². The molecule has 1 atom stereocenters. The lowest BCUT2D eigenvalue weighted by Crippen LogP contribution is -2.51. The zero-order valence-electron chi connectivity index (χ0n) is 16.2. The Bertz CT molecular complexity index is 1420. The van der Waals surface area contributed by atoms with E-state index >= 15 is 0 Å². The van der Waals surface area contributed by atoms with E-state index in [1.54, 1.807) is 42.5 Å². The lowest BCUT2D eigenvalue weighted by Gasteiger charge is -2.36. The molecule has 3 heterocycles. The van der Waals surface area contributed by atoms with Gasteiger partial charge in [0.1, 0.15) is 28.7 Å². The number of H-pyrrole nitrogens is 1. The van der Waals surface area contributed by atoms with Crippen molar-refractivity contribution in [2.24, 2.45) is 4.99 Å². The van der Waals surface area contributed by atoms with Crippen molar-refractivity contribution in [3.63, 3.8) is 0 Å². The predicted octanol–water partition coefficient (Wildman–Crippen LogP) is 3.94. The molecule has 6 nitrogen and oxygen atoms in total. The zero-order chi connectivity index (χ0) is 22.3. The molecule has 11 heteroatoms. The van der Waals surface area contributed by atoms with E-state index in [2.05, 4.69) is 24.9 Å². The maximum Gasteiger partial charge on any atom is 0.432 e. The Hall–Kier alpha value is -3.11. The molecule has 0 saturated carbocycles. The first-order valence-corrected chi connectivity index (χ1v) is 10.8. The van der Waals surface area contributed by atoms with Crippen LogP contribution in [0.2, 0.25) is 5.02 Å². The third kappa shape index (κ3) is 3.69. The van der Waals surface area contributed by atoms with E-state index in [1.165, 1.54) is 35.4 Å². The third-order valence-corrected chi connectivity index (χ3v) is 6.29. The van der Waals surface area contributed by atoms with E-state index in [1.807, 2.05) is 0 Å². The van der Waals surface area contributed by atoms with E-state index < -0.39 is 18.0 Å². The molecule has 0 spiro atoms. The van der Waals surface area contributed by atoms with Crippen molar-refractivity contribution < 1.29 is 13.2 Å². The van der Waals surface area contributed by atoms with Gasteiger partial charge in [0.2, 0.25) is 0 Å². The van der Waals surface area contributed by atoms with Gasteiger partial charge in [-0.15, -0.1) is 0 Å². The fraction of sp³-hybridized carbons (Fsp3) is 0.143. The number of benzene rings is 2. The molecule has 1 N–H and O–H groups in total. The first kappa shape index (κ1) is 20.8. The van der Waals surface area contributed by atoms with Crippen molar-refractivity contribution >= 4 is 45.9 Å². The molecule has 4 aromatic rings. The van der Waals surface area contributed by atoms with Crippen LogP contribution in [0.5, 0.6) is 0 Å². The summed E-state index contributed by atoms with van der Waals surface area (Å²) in [5.74, 6) is 0.185. The number of hydrogen-bond acceptors (Lipinski definition) is 6. The highest BCUT2D eigenvalue weighted by atomic mass is 35.5. The predicted molar refractivity (Wildman–Crippen MR) is 117 cm³/mol. The summed E-state index contributed by atoms with van der Waals surface area (Å²) in [5.41, 5.74) is 0.549. The number of nitrogens with zero attached hydrogens (tertiary/aromatic N) is 5. The molecule has 162 valence electrons. The Morgan fingerprint density at radius 2 is 1.81 bits per heavy atom. The second-order valence-electron chi connectivity index (χ2n) is 6.89. The number of aromatic amines is 1. The minimum absolute atomic E-state index is 0.0131. The molecular weight excluding hydrogens is 461 g/mol. The molecule has 0 radical (unpaired) electrons. The maximum absolute atomic E-state index is 14.4. The summed E-state index contributed by atoms with van der Waals surface area (Å²) < 4.78 is 43.2. The van der Waals surface area contributed by atoms with Crippen molar-refractivity contribution in [1.82, 2.24) is 19.9 Å². The molecular formula is C21H14ClF3N6S. The minimum atomic E-state index is -4.63. The molecule has 32 heavy (non-hydrogen) atoms. The summed E-state index contributed by atoms with van der Waals surface area (Å²) in [6.45, 7) is 0. The van der Waals surface area contributed by atoms with Crippen LogP contribution in [0, 0.1) is 0 Å². The number of halogens is 4. The van der Waals surface area contributed by atoms with Crippen LogP contribution in [-0.2, 0) is 0 Å². The Morgan fingerprint density at radius 1 is 1.03 bits per heavy atom. The number of anilines is 1. The quantitative estimate of drug-likeness (QED) is 0.358. The number of thioether (sulfide) groups is 1. The number of fused-ring (bicyclic) bond motifs is 2. The molecule has 1 aliphatic heterocycles. The first-order chi connectivity index (χ1) is 15.4. The number of imidazole rings is 1. The number of para-hydroxylation sites is 2. The molecule has 2 aromatic carbocycles. The van der Waals surface area contributed by atoms with E-state index in [-0.39, 0.29) is 27.0 Å². The van der Waals surface area contributed by atoms with E-state index in [4.69, 9.17) is 11.6 Å². The monoisotopic (exact) mass is 474 g/mol. The van der Waals surface area contributed by atoms with Gasteiger partial charge in [-0.3, -0.25) is 4.99 Å². The molecule has 2 aromatic heterocycles. The highest BCUT2D eigenvalue weighted by Gasteiger charge is 2.43. The van der Waals surface area contributed by atoms with Gasteiger partial charge in [-0.25, -0.2) is 15.0 Å². The second kappa shape index (κ2) is 8.10. The Labute approximate surface area is 188 Å². The van der Waals surface area contributed by atoms with Gasteiger partial charge in [-0.1, -0.05) is 53.7 Å². The van der Waals surface area contributed by atoms with Crippen molar-refractivity contribution in [3.05, 3.63) is 76.8 Å². The summed E-state index contributed by atoms with van der Waals surface area (Å²) in [6, 6.07) is 12.7. The van der Waals surface area contributed by atoms with Crippen molar-refractivity contribution in [3.8, 4) is 0 Å². The molecule has 1 unspecified atom stereocenters. The van der Waals surface area contributed by atoms with Crippen LogP contribution in [0.1, 0.15) is 0 Å². The molecule has 1 aliphatic rings. The number of aromatic nitrogens is 4. The maximum atomic E-state index is 14.4. The van der Waals surface area contributed by atoms with Gasteiger partial charge in [0, 0.05) is 11.0 Å². The highest BCUT2D eigenvalue weighted by Crippen LogP contribution is 2.39. The molecule has 0 bridgehead atoms. The molecule has 5 rings (SSSR count). The Kier molecular flexibility index (Phi) is 5.26. The van der Waals surface area contributed by atoms with Gasteiger partial charge in [0.15, 0.2) is 5.65 Å². The standard InChI is InChI=1S/C21H14ClF3N6S/c22-13-6-2-4-8-15(13)31-16(9-32-20-17-19(27-10-26-17)28-11-29-20)30-14-7-3-1-5-12(14)18(31)21(23,24)25/h1-8,10-11,16H,9H2,(H,26,27,28,29). The van der Waals surface area contributed by atoms with Gasteiger partial charge >= 0.3 is 6.18 Å². The summed E-state index contributed by atoms with van der Waals surface area (Å²) in [4.78, 5) is 21.2. The van der Waals surface area contributed by atoms with Crippen LogP contribution in [0.4, 0.5) is 18.9 Å². The Morgan fingerprint density at radius 3 is 2.62 bits per heavy atom. The van der Waals surface area contributed by atoms with Crippen molar-refractivity contribution in [2.75, 3.05) is 10.7 Å². The van der Waals surface area contributed by atoms with Gasteiger partial charge < -0.3 is 9.88 Å². The fourth-order valence-corrected chi connectivity index (χ4v) is 4.79. The molecule has 0 fully saturated rings. The summed E-state index contributed by atoms with van der Waals surface area (Å²) >= 11 is 7.61. The van der Waals surface area contributed by atoms with Gasteiger partial charge in [-0.2, -0.15) is 13.2 Å². The normalized spacial score (nSPS) is 16.2. The van der Waals surface area contributed by atoms with Crippen LogP contribution in [0.25, 0.3) is 16.9 Å². The number of nitrogens with one attached hydrogen (secondary N) is 1. The minimum Gasteiger partial charge on any atom is -0.341 e. The topological polar surface area (TPSA) is 70.1 Å².